The van der Waals surface area contributed by atoms with Crippen molar-refractivity contribution < 1.29 is 28.6 Å². The summed E-state index contributed by atoms with van der Waals surface area (Å²) in [6.45, 7) is 6.73. The average Bonchev–Trinajstić information content (AvgIpc) is 3.43. The van der Waals surface area contributed by atoms with Gasteiger partial charge in [0.15, 0.2) is 6.10 Å². The van der Waals surface area contributed by atoms with Crippen LogP contribution in [0.3, 0.4) is 0 Å². The normalized spacial score (nSPS) is 11.6. The number of ether oxygens (including phenoxy) is 3. The van der Waals surface area contributed by atoms with Crippen molar-refractivity contribution in [3.05, 3.63) is 12.2 Å². The zero-order valence-corrected chi connectivity index (χ0v) is 52.5. The van der Waals surface area contributed by atoms with Gasteiger partial charge in [0.05, 0.1) is 0 Å². The minimum atomic E-state index is -0.769. The van der Waals surface area contributed by atoms with Crippen LogP contribution >= 0.6 is 0 Å². The third-order valence-electron chi connectivity index (χ3n) is 16.3. The third kappa shape index (κ3) is 64.9. The Labute approximate surface area is 481 Å². The second-order valence-electron chi connectivity index (χ2n) is 24.2. The Hall–Kier alpha value is -1.85. The fourth-order valence-electron chi connectivity index (χ4n) is 11.0. The molecule has 0 saturated carbocycles. The predicted molar refractivity (Wildman–Crippen MR) is 335 cm³/mol. The fourth-order valence-corrected chi connectivity index (χ4v) is 11.0. The molecule has 0 bridgehead atoms. The van der Waals surface area contributed by atoms with Crippen LogP contribution in [0.5, 0.6) is 0 Å². The number of carbonyl (C=O) groups is 3. The van der Waals surface area contributed by atoms with Crippen LogP contribution in [0.4, 0.5) is 0 Å². The summed E-state index contributed by atoms with van der Waals surface area (Å²) < 4.78 is 17.0. The molecule has 0 aliphatic carbocycles. The Morgan fingerprint density at radius 1 is 0.247 bits per heavy atom. The van der Waals surface area contributed by atoms with Crippen molar-refractivity contribution in [1.82, 2.24) is 0 Å². The van der Waals surface area contributed by atoms with Crippen LogP contribution in [0.15, 0.2) is 12.2 Å². The molecule has 0 aliphatic heterocycles. The van der Waals surface area contributed by atoms with Crippen LogP contribution in [-0.4, -0.2) is 37.2 Å². The first-order valence-electron chi connectivity index (χ1n) is 35.2. The van der Waals surface area contributed by atoms with E-state index in [9.17, 15) is 14.4 Å². The van der Waals surface area contributed by atoms with E-state index in [-0.39, 0.29) is 31.1 Å². The fraction of sp³-hybridized carbons (Fsp3) is 0.930. The van der Waals surface area contributed by atoms with Crippen LogP contribution in [0.1, 0.15) is 406 Å². The maximum atomic E-state index is 12.9. The summed E-state index contributed by atoms with van der Waals surface area (Å²) >= 11 is 0. The lowest BCUT2D eigenvalue weighted by Crippen LogP contribution is -2.30. The molecule has 0 spiro atoms. The Morgan fingerprint density at radius 3 is 0.649 bits per heavy atom. The Bertz CT molecular complexity index is 1140. The van der Waals surface area contributed by atoms with Crippen molar-refractivity contribution >= 4 is 17.9 Å². The molecule has 6 nitrogen and oxygen atoms in total. The van der Waals surface area contributed by atoms with Crippen molar-refractivity contribution in [3.63, 3.8) is 0 Å². The van der Waals surface area contributed by atoms with Crippen molar-refractivity contribution in [2.24, 2.45) is 0 Å². The van der Waals surface area contributed by atoms with Gasteiger partial charge in [-0.1, -0.05) is 354 Å². The molecule has 0 atom stereocenters. The van der Waals surface area contributed by atoms with Crippen molar-refractivity contribution in [2.75, 3.05) is 13.2 Å². The topological polar surface area (TPSA) is 78.9 Å². The molecule has 0 heterocycles. The van der Waals surface area contributed by atoms with Gasteiger partial charge in [0.2, 0.25) is 0 Å². The molecule has 0 aromatic heterocycles. The molecular weight excluding hydrogens is 949 g/mol. The van der Waals surface area contributed by atoms with Gasteiger partial charge in [0.25, 0.3) is 0 Å². The predicted octanol–water partition coefficient (Wildman–Crippen LogP) is 24.0. The van der Waals surface area contributed by atoms with Gasteiger partial charge in [-0.15, -0.1) is 0 Å². The summed E-state index contributed by atoms with van der Waals surface area (Å²) in [5.74, 6) is -0.832. The average molecular weight is 1090 g/mol. The SMILES string of the molecule is CCCCCCCC/C=C\CCCCCCCCCC(=O)OC(COC(=O)CCCCCCCCCCCCCCCCCCCCCCC)COC(=O)CCCCCCCCCCCCCCCCCCCCCCC. The molecule has 0 aromatic rings. The second kappa shape index (κ2) is 66.7. The summed E-state index contributed by atoms with van der Waals surface area (Å²) in [7, 11) is 0. The molecule has 0 rings (SSSR count). The zero-order chi connectivity index (χ0) is 55.7. The van der Waals surface area contributed by atoms with Gasteiger partial charge in [-0.05, 0) is 44.9 Å². The number of allylic oxidation sites excluding steroid dienone is 2. The minimum Gasteiger partial charge on any atom is -0.462 e. The molecule has 77 heavy (non-hydrogen) atoms. The highest BCUT2D eigenvalue weighted by atomic mass is 16.6. The lowest BCUT2D eigenvalue weighted by molar-refractivity contribution is -0.167. The molecule has 0 saturated heterocycles. The van der Waals surface area contributed by atoms with Crippen molar-refractivity contribution in [1.29, 1.82) is 0 Å². The number of hydrogen-bond donors (Lipinski definition) is 0. The number of esters is 3. The Morgan fingerprint density at radius 2 is 0.429 bits per heavy atom. The van der Waals surface area contributed by atoms with E-state index in [1.807, 2.05) is 0 Å². The quantitative estimate of drug-likeness (QED) is 0.0261. The molecule has 0 radical (unpaired) electrons. The lowest BCUT2D eigenvalue weighted by atomic mass is 10.0. The summed E-state index contributed by atoms with van der Waals surface area (Å²) in [4.78, 5) is 38.4. The Balaban J connectivity index is 4.27. The summed E-state index contributed by atoms with van der Waals surface area (Å²) in [6.07, 6.45) is 79.5. The van der Waals surface area contributed by atoms with Crippen LogP contribution in [0.2, 0.25) is 0 Å². The summed E-state index contributed by atoms with van der Waals surface area (Å²) in [6, 6.07) is 0. The molecule has 0 aliphatic rings. The van der Waals surface area contributed by atoms with Crippen LogP contribution in [-0.2, 0) is 28.6 Å². The smallest absolute Gasteiger partial charge is 0.306 e. The highest BCUT2D eigenvalue weighted by Gasteiger charge is 2.19. The van der Waals surface area contributed by atoms with Gasteiger partial charge in [-0.2, -0.15) is 0 Å². The molecule has 0 aromatic carbocycles. The highest BCUT2D eigenvalue weighted by molar-refractivity contribution is 5.71. The van der Waals surface area contributed by atoms with Gasteiger partial charge in [-0.25, -0.2) is 0 Å². The van der Waals surface area contributed by atoms with Gasteiger partial charge < -0.3 is 14.2 Å². The van der Waals surface area contributed by atoms with E-state index in [2.05, 4.69) is 32.9 Å². The molecule has 0 amide bonds. The molecule has 0 unspecified atom stereocenters. The van der Waals surface area contributed by atoms with E-state index in [0.29, 0.717) is 19.3 Å². The number of rotatable bonds is 66. The van der Waals surface area contributed by atoms with Crippen LogP contribution in [0.25, 0.3) is 0 Å². The zero-order valence-electron chi connectivity index (χ0n) is 52.5. The van der Waals surface area contributed by atoms with Crippen LogP contribution < -0.4 is 0 Å². The van der Waals surface area contributed by atoms with E-state index in [1.165, 1.54) is 308 Å². The number of carbonyl (C=O) groups excluding carboxylic acids is 3. The highest BCUT2D eigenvalue weighted by Crippen LogP contribution is 2.19. The first-order chi connectivity index (χ1) is 38.0. The van der Waals surface area contributed by atoms with Gasteiger partial charge >= 0.3 is 17.9 Å². The molecule has 0 fully saturated rings. The van der Waals surface area contributed by atoms with E-state index >= 15 is 0 Å². The van der Waals surface area contributed by atoms with E-state index in [1.54, 1.807) is 0 Å². The molecule has 0 N–H and O–H groups in total. The first kappa shape index (κ1) is 75.2. The largest absolute Gasteiger partial charge is 0.462 e. The maximum absolute atomic E-state index is 12.9. The van der Waals surface area contributed by atoms with Crippen LogP contribution in [0, 0.1) is 0 Å². The van der Waals surface area contributed by atoms with E-state index in [4.69, 9.17) is 14.2 Å². The second-order valence-corrected chi connectivity index (χ2v) is 24.2. The first-order valence-corrected chi connectivity index (χ1v) is 35.2. The molecule has 6 heteroatoms. The maximum Gasteiger partial charge on any atom is 0.306 e. The lowest BCUT2D eigenvalue weighted by Gasteiger charge is -2.18. The molecule has 456 valence electrons. The van der Waals surface area contributed by atoms with E-state index in [0.717, 1.165) is 57.8 Å². The number of unbranched alkanes of at least 4 members (excludes halogenated alkanes) is 53. The summed E-state index contributed by atoms with van der Waals surface area (Å²) in [5, 5.41) is 0. The van der Waals surface area contributed by atoms with Crippen molar-refractivity contribution in [3.8, 4) is 0 Å². The third-order valence-corrected chi connectivity index (χ3v) is 16.3. The minimum absolute atomic E-state index is 0.0648. The standard InChI is InChI=1S/C71H136O6/c1-4-7-10-13-16-19-22-25-28-31-33-35-37-40-42-45-48-51-54-57-60-63-69(72)75-66-68(77-71(74)65-62-59-56-53-50-47-44-39-30-27-24-21-18-15-12-9-6-3)67-76-70(73)64-61-58-55-52-49-46-43-41-38-36-34-32-29-26-23-20-17-14-11-8-5-2/h27,30,68H,4-26,28-29,31-67H2,1-3H3/b30-27-. The monoisotopic (exact) mass is 1090 g/mol. The van der Waals surface area contributed by atoms with E-state index < -0.39 is 6.10 Å². The number of hydrogen-bond acceptors (Lipinski definition) is 6. The van der Waals surface area contributed by atoms with Gasteiger partial charge in [-0.3, -0.25) is 14.4 Å². The Kier molecular flexibility index (Phi) is 65.1. The summed E-state index contributed by atoms with van der Waals surface area (Å²) in [5.41, 5.74) is 0. The molecular formula is C71H136O6. The van der Waals surface area contributed by atoms with Crippen molar-refractivity contribution in [2.45, 2.75) is 412 Å². The van der Waals surface area contributed by atoms with Gasteiger partial charge in [0.1, 0.15) is 13.2 Å². The van der Waals surface area contributed by atoms with Gasteiger partial charge in [0, 0.05) is 19.3 Å².